The molecule has 3 rings (SSSR count). The largest absolute Gasteiger partial charge is 0.460 e. The van der Waals surface area contributed by atoms with Gasteiger partial charge >= 0.3 is 22.1 Å². The van der Waals surface area contributed by atoms with Crippen molar-refractivity contribution in [1.29, 1.82) is 0 Å². The van der Waals surface area contributed by atoms with Crippen molar-refractivity contribution >= 4 is 22.1 Å². The van der Waals surface area contributed by atoms with Gasteiger partial charge in [-0.25, -0.2) is 0 Å². The average molecular weight is 526 g/mol. The predicted octanol–water partition coefficient (Wildman–Crippen LogP) is 4.26. The van der Waals surface area contributed by atoms with Crippen LogP contribution in [0.25, 0.3) is 0 Å². The molecule has 0 aliphatic rings. The van der Waals surface area contributed by atoms with Crippen molar-refractivity contribution in [2.75, 3.05) is 0 Å². The van der Waals surface area contributed by atoms with Crippen LogP contribution >= 0.6 is 0 Å². The second-order valence-corrected chi connectivity index (χ2v) is 11.1. The van der Waals surface area contributed by atoms with Gasteiger partial charge in [0, 0.05) is 0 Å². The van der Waals surface area contributed by atoms with Gasteiger partial charge in [-0.2, -0.15) is 8.42 Å². The Bertz CT molecular complexity index is 1310. The SMILES string of the molecule is Cc1ccc(S(=O)(=O)Oc2ccc(C(C(=O)OCc3ccccc3)C(N)C(=O)OC(C)(C)C)cc2)cc1. The summed E-state index contributed by atoms with van der Waals surface area (Å²) in [7, 11) is -4.06. The molecule has 0 bridgehead atoms. The van der Waals surface area contributed by atoms with Gasteiger partial charge in [-0.05, 0) is 63.1 Å². The highest BCUT2D eigenvalue weighted by molar-refractivity contribution is 7.87. The molecule has 0 aliphatic carbocycles. The highest BCUT2D eigenvalue weighted by Crippen LogP contribution is 2.27. The van der Waals surface area contributed by atoms with Crippen molar-refractivity contribution in [1.82, 2.24) is 0 Å². The van der Waals surface area contributed by atoms with Gasteiger partial charge in [0.2, 0.25) is 0 Å². The van der Waals surface area contributed by atoms with Crippen LogP contribution in [-0.2, 0) is 35.8 Å². The molecule has 196 valence electrons. The van der Waals surface area contributed by atoms with E-state index in [1.54, 1.807) is 45.0 Å². The first kappa shape index (κ1) is 27.9. The Morgan fingerprint density at radius 2 is 1.46 bits per heavy atom. The molecule has 8 nitrogen and oxygen atoms in total. The molecule has 0 fully saturated rings. The summed E-state index contributed by atoms with van der Waals surface area (Å²) >= 11 is 0. The van der Waals surface area contributed by atoms with E-state index in [-0.39, 0.29) is 17.3 Å². The van der Waals surface area contributed by atoms with Gasteiger partial charge in [0.25, 0.3) is 0 Å². The molecule has 2 atom stereocenters. The maximum absolute atomic E-state index is 13.1. The van der Waals surface area contributed by atoms with Crippen molar-refractivity contribution < 1.29 is 31.7 Å². The zero-order valence-corrected chi connectivity index (χ0v) is 22.0. The Morgan fingerprint density at radius 3 is 2.03 bits per heavy atom. The Hall–Kier alpha value is -3.69. The second kappa shape index (κ2) is 11.6. The van der Waals surface area contributed by atoms with Crippen LogP contribution in [0.2, 0.25) is 0 Å². The van der Waals surface area contributed by atoms with Gasteiger partial charge < -0.3 is 19.4 Å². The lowest BCUT2D eigenvalue weighted by molar-refractivity contribution is -0.161. The zero-order valence-electron chi connectivity index (χ0n) is 21.2. The Balaban J connectivity index is 1.83. The molecule has 0 saturated carbocycles. The number of benzene rings is 3. The van der Waals surface area contributed by atoms with E-state index in [0.717, 1.165) is 11.1 Å². The number of rotatable bonds is 9. The predicted molar refractivity (Wildman–Crippen MR) is 138 cm³/mol. The number of hydrogen-bond donors (Lipinski definition) is 1. The minimum absolute atomic E-state index is 0.00675. The van der Waals surface area contributed by atoms with Crippen LogP contribution in [0.1, 0.15) is 43.4 Å². The molecule has 2 unspecified atom stereocenters. The summed E-state index contributed by atoms with van der Waals surface area (Å²) in [6.45, 7) is 6.93. The molecule has 37 heavy (non-hydrogen) atoms. The van der Waals surface area contributed by atoms with E-state index in [1.165, 1.54) is 36.4 Å². The lowest BCUT2D eigenvalue weighted by Crippen LogP contribution is -2.44. The lowest BCUT2D eigenvalue weighted by Gasteiger charge is -2.26. The van der Waals surface area contributed by atoms with E-state index < -0.39 is 39.6 Å². The number of carbonyl (C=O) groups is 2. The van der Waals surface area contributed by atoms with Crippen molar-refractivity contribution in [3.63, 3.8) is 0 Å². The molecule has 3 aromatic carbocycles. The van der Waals surface area contributed by atoms with Gasteiger partial charge in [0.1, 0.15) is 34.8 Å². The second-order valence-electron chi connectivity index (χ2n) is 9.55. The zero-order chi connectivity index (χ0) is 27.2. The van der Waals surface area contributed by atoms with Gasteiger partial charge in [-0.3, -0.25) is 9.59 Å². The maximum Gasteiger partial charge on any atom is 0.339 e. The molecule has 0 aliphatic heterocycles. The summed E-state index contributed by atoms with van der Waals surface area (Å²) in [5.74, 6) is -2.65. The smallest absolute Gasteiger partial charge is 0.339 e. The molecule has 9 heteroatoms. The molecular weight excluding hydrogens is 494 g/mol. The van der Waals surface area contributed by atoms with Crippen LogP contribution in [0.15, 0.2) is 83.8 Å². The van der Waals surface area contributed by atoms with Gasteiger partial charge in [0.05, 0.1) is 0 Å². The quantitative estimate of drug-likeness (QED) is 0.325. The number of nitrogens with two attached hydrogens (primary N) is 1. The van der Waals surface area contributed by atoms with Gasteiger partial charge in [-0.1, -0.05) is 60.2 Å². The normalized spacial score (nSPS) is 13.3. The number of aryl methyl sites for hydroxylation is 1. The van der Waals surface area contributed by atoms with E-state index in [4.69, 9.17) is 19.4 Å². The Morgan fingerprint density at radius 1 is 0.865 bits per heavy atom. The van der Waals surface area contributed by atoms with E-state index in [2.05, 4.69) is 0 Å². The molecule has 0 saturated heterocycles. The van der Waals surface area contributed by atoms with Crippen LogP contribution in [0.4, 0.5) is 0 Å². The van der Waals surface area contributed by atoms with E-state index in [0.29, 0.717) is 5.56 Å². The van der Waals surface area contributed by atoms with E-state index >= 15 is 0 Å². The lowest BCUT2D eigenvalue weighted by atomic mass is 9.91. The van der Waals surface area contributed by atoms with Crippen LogP contribution in [0.3, 0.4) is 0 Å². The van der Waals surface area contributed by atoms with Crippen molar-refractivity contribution in [3.8, 4) is 5.75 Å². The summed E-state index contributed by atoms with van der Waals surface area (Å²) in [5, 5.41) is 0. The highest BCUT2D eigenvalue weighted by atomic mass is 32.2. The third kappa shape index (κ3) is 7.90. The molecule has 2 N–H and O–H groups in total. The first-order valence-electron chi connectivity index (χ1n) is 11.7. The maximum atomic E-state index is 13.1. The topological polar surface area (TPSA) is 122 Å². The minimum atomic E-state index is -4.06. The highest BCUT2D eigenvalue weighted by Gasteiger charge is 2.36. The number of carbonyl (C=O) groups excluding carboxylic acids is 2. The Kier molecular flexibility index (Phi) is 8.73. The van der Waals surface area contributed by atoms with Crippen molar-refractivity contribution in [3.05, 3.63) is 95.6 Å². The summed E-state index contributed by atoms with van der Waals surface area (Å²) in [4.78, 5) is 25.9. The minimum Gasteiger partial charge on any atom is -0.460 e. The summed E-state index contributed by atoms with van der Waals surface area (Å²) in [6.07, 6.45) is 0. The van der Waals surface area contributed by atoms with E-state index in [9.17, 15) is 18.0 Å². The van der Waals surface area contributed by atoms with Crippen molar-refractivity contribution in [2.45, 2.75) is 56.8 Å². The summed E-state index contributed by atoms with van der Waals surface area (Å²) in [5.41, 5.74) is 7.41. The standard InChI is InChI=1S/C28H31NO7S/c1-19-10-16-23(17-11-19)37(32,33)36-22-14-12-21(13-15-22)24(25(29)27(31)35-28(2,3)4)26(30)34-18-20-8-6-5-7-9-20/h5-17,24-25H,18,29H2,1-4H3. The fourth-order valence-electron chi connectivity index (χ4n) is 3.42. The number of hydrogen-bond acceptors (Lipinski definition) is 8. The number of ether oxygens (including phenoxy) is 2. The third-order valence-electron chi connectivity index (χ3n) is 5.27. The van der Waals surface area contributed by atoms with Crippen molar-refractivity contribution in [2.24, 2.45) is 5.73 Å². The van der Waals surface area contributed by atoms with Gasteiger partial charge in [0.15, 0.2) is 0 Å². The van der Waals surface area contributed by atoms with Crippen LogP contribution in [-0.4, -0.2) is 32.0 Å². The van der Waals surface area contributed by atoms with Crippen LogP contribution in [0.5, 0.6) is 5.75 Å². The van der Waals surface area contributed by atoms with E-state index in [1.807, 2.05) is 25.1 Å². The van der Waals surface area contributed by atoms with Gasteiger partial charge in [-0.15, -0.1) is 0 Å². The fraction of sp³-hybridized carbons (Fsp3) is 0.286. The molecule has 0 aromatic heterocycles. The van der Waals surface area contributed by atoms with Crippen LogP contribution < -0.4 is 9.92 Å². The molecule has 3 aromatic rings. The molecule has 0 spiro atoms. The first-order valence-corrected chi connectivity index (χ1v) is 13.1. The molecule has 0 amide bonds. The first-order chi connectivity index (χ1) is 17.4. The third-order valence-corrected chi connectivity index (χ3v) is 6.53. The molecular formula is C28H31NO7S. The number of esters is 2. The summed E-state index contributed by atoms with van der Waals surface area (Å²) < 4.78 is 41.3. The Labute approximate surface area is 217 Å². The fourth-order valence-corrected chi connectivity index (χ4v) is 4.35. The summed E-state index contributed by atoms with van der Waals surface area (Å²) in [6, 6.07) is 19.7. The monoisotopic (exact) mass is 525 g/mol. The molecule has 0 heterocycles. The average Bonchev–Trinajstić information content (AvgIpc) is 2.83. The molecule has 0 radical (unpaired) electrons. The van der Waals surface area contributed by atoms with Crippen LogP contribution in [0, 0.1) is 6.92 Å².